The summed E-state index contributed by atoms with van der Waals surface area (Å²) in [6, 6.07) is 8.36. The van der Waals surface area contributed by atoms with Crippen LogP contribution < -0.4 is 0 Å². The number of hydrogen-bond donors (Lipinski definition) is 1. The summed E-state index contributed by atoms with van der Waals surface area (Å²) >= 11 is 3.44. The van der Waals surface area contributed by atoms with E-state index in [2.05, 4.69) is 57.2 Å². The molecule has 2 nitrogen and oxygen atoms in total. The van der Waals surface area contributed by atoms with Crippen molar-refractivity contribution in [3.05, 3.63) is 40.4 Å². The summed E-state index contributed by atoms with van der Waals surface area (Å²) in [6.45, 7) is 3.68. The normalized spacial score (nSPS) is 21.1. The minimum absolute atomic E-state index is 0.339. The van der Waals surface area contributed by atoms with Gasteiger partial charge in [0.05, 0.1) is 0 Å². The van der Waals surface area contributed by atoms with Gasteiger partial charge in [0.15, 0.2) is 0 Å². The van der Waals surface area contributed by atoms with Gasteiger partial charge >= 0.3 is 0 Å². The van der Waals surface area contributed by atoms with Gasteiger partial charge in [0.2, 0.25) is 0 Å². The van der Waals surface area contributed by atoms with Crippen LogP contribution >= 0.6 is 15.9 Å². The Balaban J connectivity index is 1.72. The standard InChI is InChI=1S/C16H22BrNO/c17-16-8-6-14(7-9-16)4-1-2-10-18-11-3-5-15(12-18)13-19/h1,4,6-9,15,19H,2-3,5,10-13H2/b4-1+. The number of piperidine rings is 1. The van der Waals surface area contributed by atoms with Crippen molar-refractivity contribution in [1.29, 1.82) is 0 Å². The Morgan fingerprint density at radius 1 is 1.32 bits per heavy atom. The van der Waals surface area contributed by atoms with Crippen LogP contribution in [-0.4, -0.2) is 36.2 Å². The van der Waals surface area contributed by atoms with Crippen LogP contribution in [0.5, 0.6) is 0 Å². The van der Waals surface area contributed by atoms with Gasteiger partial charge in [0, 0.05) is 24.2 Å². The molecular weight excluding hydrogens is 302 g/mol. The molecule has 1 aliphatic heterocycles. The van der Waals surface area contributed by atoms with Gasteiger partial charge in [0.1, 0.15) is 0 Å². The summed E-state index contributed by atoms with van der Waals surface area (Å²) in [4.78, 5) is 2.47. The van der Waals surface area contributed by atoms with Crippen molar-refractivity contribution in [2.75, 3.05) is 26.2 Å². The number of likely N-dealkylation sites (tertiary alicyclic amines) is 1. The zero-order chi connectivity index (χ0) is 13.5. The monoisotopic (exact) mass is 323 g/mol. The minimum Gasteiger partial charge on any atom is -0.396 e. The lowest BCUT2D eigenvalue weighted by Gasteiger charge is -2.31. The van der Waals surface area contributed by atoms with Crippen molar-refractivity contribution in [3.8, 4) is 0 Å². The first-order chi connectivity index (χ1) is 9.28. The van der Waals surface area contributed by atoms with Gasteiger partial charge in [-0.15, -0.1) is 0 Å². The van der Waals surface area contributed by atoms with Gasteiger partial charge in [-0.25, -0.2) is 0 Å². The fraction of sp³-hybridized carbons (Fsp3) is 0.500. The van der Waals surface area contributed by atoms with Crippen LogP contribution in [0.3, 0.4) is 0 Å². The Hall–Kier alpha value is -0.640. The quantitative estimate of drug-likeness (QED) is 0.895. The van der Waals surface area contributed by atoms with Crippen LogP contribution in [0.4, 0.5) is 0 Å². The molecular formula is C16H22BrNO. The maximum atomic E-state index is 9.21. The van der Waals surface area contributed by atoms with Crippen LogP contribution in [-0.2, 0) is 0 Å². The molecule has 0 amide bonds. The maximum Gasteiger partial charge on any atom is 0.0471 e. The number of aliphatic hydroxyl groups excluding tert-OH is 1. The average molecular weight is 324 g/mol. The predicted molar refractivity (Wildman–Crippen MR) is 84.0 cm³/mol. The second-order valence-electron chi connectivity index (χ2n) is 5.23. The first-order valence-corrected chi connectivity index (χ1v) is 7.82. The molecule has 104 valence electrons. The molecule has 19 heavy (non-hydrogen) atoms. The highest BCUT2D eigenvalue weighted by Crippen LogP contribution is 2.16. The number of halogens is 1. The molecule has 1 heterocycles. The Kier molecular flexibility index (Phi) is 6.08. The number of benzene rings is 1. The zero-order valence-electron chi connectivity index (χ0n) is 11.3. The van der Waals surface area contributed by atoms with Gasteiger partial charge in [-0.1, -0.05) is 40.2 Å². The third kappa shape index (κ3) is 5.09. The lowest BCUT2D eigenvalue weighted by Crippen LogP contribution is -2.37. The highest BCUT2D eigenvalue weighted by atomic mass is 79.9. The summed E-state index contributed by atoms with van der Waals surface area (Å²) in [5.74, 6) is 0.490. The summed E-state index contributed by atoms with van der Waals surface area (Å²) in [5, 5.41) is 9.21. The van der Waals surface area contributed by atoms with E-state index in [9.17, 15) is 5.11 Å². The molecule has 0 saturated carbocycles. The highest BCUT2D eigenvalue weighted by Gasteiger charge is 2.17. The third-order valence-electron chi connectivity index (χ3n) is 3.65. The summed E-state index contributed by atoms with van der Waals surface area (Å²) in [5.41, 5.74) is 1.25. The molecule has 1 aliphatic rings. The molecule has 1 fully saturated rings. The molecule has 1 unspecified atom stereocenters. The maximum absolute atomic E-state index is 9.21. The second-order valence-corrected chi connectivity index (χ2v) is 6.15. The molecule has 2 rings (SSSR count). The van der Waals surface area contributed by atoms with Crippen molar-refractivity contribution in [3.63, 3.8) is 0 Å². The van der Waals surface area contributed by atoms with Gasteiger partial charge in [-0.05, 0) is 49.4 Å². The molecule has 1 aromatic rings. The van der Waals surface area contributed by atoms with Gasteiger partial charge in [0.25, 0.3) is 0 Å². The van der Waals surface area contributed by atoms with Gasteiger partial charge < -0.3 is 10.0 Å². The Labute approximate surface area is 124 Å². The summed E-state index contributed by atoms with van der Waals surface area (Å²) < 4.78 is 1.12. The molecule has 1 N–H and O–H groups in total. The first kappa shape index (κ1) is 14.8. The molecule has 0 spiro atoms. The Bertz CT molecular complexity index is 402. The van der Waals surface area contributed by atoms with Crippen LogP contribution in [0, 0.1) is 5.92 Å². The SMILES string of the molecule is OCC1CCCN(CC/C=C/c2ccc(Br)cc2)C1. The van der Waals surface area contributed by atoms with Crippen molar-refractivity contribution in [2.45, 2.75) is 19.3 Å². The number of rotatable bonds is 5. The van der Waals surface area contributed by atoms with E-state index < -0.39 is 0 Å². The topological polar surface area (TPSA) is 23.5 Å². The highest BCUT2D eigenvalue weighted by molar-refractivity contribution is 9.10. The molecule has 0 aliphatic carbocycles. The third-order valence-corrected chi connectivity index (χ3v) is 4.18. The van der Waals surface area contributed by atoms with Crippen LogP contribution in [0.1, 0.15) is 24.8 Å². The van der Waals surface area contributed by atoms with Crippen LogP contribution in [0.2, 0.25) is 0 Å². The van der Waals surface area contributed by atoms with Crippen molar-refractivity contribution in [1.82, 2.24) is 4.90 Å². The lowest BCUT2D eigenvalue weighted by molar-refractivity contribution is 0.122. The molecule has 1 atom stereocenters. The van der Waals surface area contributed by atoms with Crippen molar-refractivity contribution in [2.24, 2.45) is 5.92 Å². The fourth-order valence-corrected chi connectivity index (χ4v) is 2.82. The van der Waals surface area contributed by atoms with Crippen LogP contribution in [0.15, 0.2) is 34.8 Å². The fourth-order valence-electron chi connectivity index (χ4n) is 2.55. The van der Waals surface area contributed by atoms with E-state index in [1.54, 1.807) is 0 Å². The van der Waals surface area contributed by atoms with E-state index >= 15 is 0 Å². The summed E-state index contributed by atoms with van der Waals surface area (Å²) in [6.07, 6.45) is 7.91. The van der Waals surface area contributed by atoms with E-state index in [1.807, 2.05) is 0 Å². The van der Waals surface area contributed by atoms with E-state index in [-0.39, 0.29) is 0 Å². The average Bonchev–Trinajstić information content (AvgIpc) is 2.46. The molecule has 3 heteroatoms. The molecule has 0 bridgehead atoms. The second kappa shape index (κ2) is 7.83. The van der Waals surface area contributed by atoms with Gasteiger partial charge in [-0.3, -0.25) is 0 Å². The smallest absolute Gasteiger partial charge is 0.0471 e. The summed E-state index contributed by atoms with van der Waals surface area (Å²) in [7, 11) is 0. The van der Waals surface area contributed by atoms with E-state index in [4.69, 9.17) is 0 Å². The first-order valence-electron chi connectivity index (χ1n) is 7.03. The van der Waals surface area contributed by atoms with E-state index in [0.717, 1.165) is 24.0 Å². The minimum atomic E-state index is 0.339. The largest absolute Gasteiger partial charge is 0.396 e. The molecule has 1 aromatic carbocycles. The number of hydrogen-bond acceptors (Lipinski definition) is 2. The number of aliphatic hydroxyl groups is 1. The van der Waals surface area contributed by atoms with Gasteiger partial charge in [-0.2, -0.15) is 0 Å². The predicted octanol–water partition coefficient (Wildman–Crippen LogP) is 3.56. The molecule has 1 saturated heterocycles. The Morgan fingerprint density at radius 3 is 2.84 bits per heavy atom. The molecule has 0 radical (unpaired) electrons. The van der Waals surface area contributed by atoms with Crippen molar-refractivity contribution >= 4 is 22.0 Å². The zero-order valence-corrected chi connectivity index (χ0v) is 12.8. The lowest BCUT2D eigenvalue weighted by atomic mass is 9.99. The Morgan fingerprint density at radius 2 is 2.11 bits per heavy atom. The van der Waals surface area contributed by atoms with Crippen LogP contribution in [0.25, 0.3) is 6.08 Å². The molecule has 0 aromatic heterocycles. The number of nitrogens with zero attached hydrogens (tertiary/aromatic N) is 1. The van der Waals surface area contributed by atoms with E-state index in [1.165, 1.54) is 24.9 Å². The van der Waals surface area contributed by atoms with E-state index in [0.29, 0.717) is 12.5 Å². The van der Waals surface area contributed by atoms with Crippen molar-refractivity contribution < 1.29 is 5.11 Å².